The van der Waals surface area contributed by atoms with Gasteiger partial charge in [0.25, 0.3) is 10.0 Å². The molecule has 0 aliphatic rings. The van der Waals surface area contributed by atoms with E-state index in [2.05, 4.69) is 25.1 Å². The van der Waals surface area contributed by atoms with Crippen LogP contribution in [0.2, 0.25) is 0 Å². The molecule has 9 nitrogen and oxygen atoms in total. The van der Waals surface area contributed by atoms with Gasteiger partial charge >= 0.3 is 0 Å². The third-order valence-electron chi connectivity index (χ3n) is 2.11. The molecule has 98 valence electrons. The normalized spacial score (nSPS) is 11.8. The van der Waals surface area contributed by atoms with E-state index in [1.54, 1.807) is 4.57 Å². The van der Waals surface area contributed by atoms with Crippen molar-refractivity contribution in [2.45, 2.75) is 24.4 Å². The van der Waals surface area contributed by atoms with Crippen molar-refractivity contribution < 1.29 is 8.42 Å². The van der Waals surface area contributed by atoms with Gasteiger partial charge in [0.05, 0.1) is 6.54 Å². The number of nitrogens with zero attached hydrogens (tertiary/aromatic N) is 5. The summed E-state index contributed by atoms with van der Waals surface area (Å²) in [5.74, 6) is 0.526. The Labute approximate surface area is 107 Å². The largest absolute Gasteiger partial charge is 0.374 e. The molecule has 0 saturated carbocycles. The van der Waals surface area contributed by atoms with Crippen molar-refractivity contribution in [3.8, 4) is 0 Å². The molecule has 0 bridgehead atoms. The number of nitrogen functional groups attached to an aromatic ring is 1. The third-order valence-corrected chi connectivity index (χ3v) is 4.63. The Bertz CT molecular complexity index is 632. The van der Waals surface area contributed by atoms with Crippen molar-refractivity contribution >= 4 is 26.5 Å². The third kappa shape index (κ3) is 2.63. The second kappa shape index (κ2) is 4.96. The summed E-state index contributed by atoms with van der Waals surface area (Å²) >= 11 is 0.804. The summed E-state index contributed by atoms with van der Waals surface area (Å²) in [5, 5.41) is 14.6. The highest BCUT2D eigenvalue weighted by Gasteiger charge is 2.20. The van der Waals surface area contributed by atoms with Crippen molar-refractivity contribution in [3.63, 3.8) is 0 Å². The first kappa shape index (κ1) is 12.9. The molecule has 3 N–H and O–H groups in total. The topological polar surface area (TPSA) is 129 Å². The van der Waals surface area contributed by atoms with Gasteiger partial charge in [-0.05, 0) is 6.92 Å². The highest BCUT2D eigenvalue weighted by Crippen LogP contribution is 2.16. The lowest BCUT2D eigenvalue weighted by Crippen LogP contribution is -2.25. The molecular weight excluding hydrogens is 278 g/mol. The number of aryl methyl sites for hydroxylation is 1. The lowest BCUT2D eigenvalue weighted by molar-refractivity contribution is 0.573. The van der Waals surface area contributed by atoms with Crippen molar-refractivity contribution in [1.82, 2.24) is 29.7 Å². The molecule has 0 atom stereocenters. The van der Waals surface area contributed by atoms with Gasteiger partial charge < -0.3 is 10.3 Å². The van der Waals surface area contributed by atoms with Crippen molar-refractivity contribution in [2.75, 3.05) is 5.73 Å². The predicted molar refractivity (Wildman–Crippen MR) is 64.0 cm³/mol. The number of nitrogens with one attached hydrogen (secondary N) is 1. The van der Waals surface area contributed by atoms with Crippen LogP contribution in [-0.4, -0.2) is 33.4 Å². The van der Waals surface area contributed by atoms with Gasteiger partial charge in [-0.15, -0.1) is 20.4 Å². The van der Waals surface area contributed by atoms with E-state index < -0.39 is 10.0 Å². The first-order valence-electron chi connectivity index (χ1n) is 4.98. The van der Waals surface area contributed by atoms with E-state index in [-0.39, 0.29) is 16.0 Å². The summed E-state index contributed by atoms with van der Waals surface area (Å²) in [6, 6.07) is 0. The highest BCUT2D eigenvalue weighted by atomic mass is 32.2. The van der Waals surface area contributed by atoms with Gasteiger partial charge in [-0.2, -0.15) is 0 Å². The minimum absolute atomic E-state index is 0.0374. The van der Waals surface area contributed by atoms with Crippen molar-refractivity contribution in [3.05, 3.63) is 12.2 Å². The monoisotopic (exact) mass is 289 g/mol. The maximum Gasteiger partial charge on any atom is 0.270 e. The fraction of sp³-hybridized carbons (Fsp3) is 0.429. The van der Waals surface area contributed by atoms with Crippen molar-refractivity contribution in [1.29, 1.82) is 0 Å². The first-order valence-corrected chi connectivity index (χ1v) is 7.28. The van der Waals surface area contributed by atoms with Crippen LogP contribution < -0.4 is 10.5 Å². The average Bonchev–Trinajstić information content (AvgIpc) is 2.94. The Hall–Kier alpha value is -1.59. The van der Waals surface area contributed by atoms with Gasteiger partial charge in [-0.3, -0.25) is 0 Å². The van der Waals surface area contributed by atoms with Crippen LogP contribution in [0.5, 0.6) is 0 Å². The Kier molecular flexibility index (Phi) is 3.54. The molecular formula is C7H11N7O2S2. The standard InChI is InChI=1S/C7H11N7O2S2/c1-2-14-4-9-11-5(14)3-10-18(15,16)7-13-12-6(8)17-7/h4,10H,2-3H2,1H3,(H2,8,12). The van der Waals surface area contributed by atoms with E-state index in [4.69, 9.17) is 5.73 Å². The number of hydrogen-bond acceptors (Lipinski definition) is 8. The fourth-order valence-corrected chi connectivity index (χ4v) is 3.04. The summed E-state index contributed by atoms with van der Waals surface area (Å²) in [5.41, 5.74) is 5.34. The van der Waals surface area contributed by atoms with Gasteiger partial charge in [0.1, 0.15) is 12.2 Å². The smallest absolute Gasteiger partial charge is 0.270 e. The zero-order chi connectivity index (χ0) is 13.2. The maximum absolute atomic E-state index is 11.8. The lowest BCUT2D eigenvalue weighted by Gasteiger charge is -2.04. The molecule has 2 aromatic rings. The zero-order valence-electron chi connectivity index (χ0n) is 9.44. The number of sulfonamides is 1. The van der Waals surface area contributed by atoms with Crippen molar-refractivity contribution in [2.24, 2.45) is 0 Å². The Balaban J connectivity index is 2.10. The van der Waals surface area contributed by atoms with E-state index in [0.29, 0.717) is 12.4 Å². The molecule has 18 heavy (non-hydrogen) atoms. The van der Waals surface area contributed by atoms with Gasteiger partial charge in [-0.1, -0.05) is 11.3 Å². The fourth-order valence-electron chi connectivity index (χ4n) is 1.23. The molecule has 0 aliphatic heterocycles. The zero-order valence-corrected chi connectivity index (χ0v) is 11.1. The van der Waals surface area contributed by atoms with Gasteiger partial charge in [0.15, 0.2) is 0 Å². The summed E-state index contributed by atoms with van der Waals surface area (Å²) in [6.45, 7) is 2.61. The molecule has 0 radical (unpaired) electrons. The second-order valence-electron chi connectivity index (χ2n) is 3.26. The summed E-state index contributed by atoms with van der Waals surface area (Å²) in [4.78, 5) is 0. The van der Waals surface area contributed by atoms with Crippen LogP contribution in [0.25, 0.3) is 0 Å². The lowest BCUT2D eigenvalue weighted by atomic mass is 10.6. The maximum atomic E-state index is 11.8. The Morgan fingerprint density at radius 2 is 2.22 bits per heavy atom. The number of aromatic nitrogens is 5. The molecule has 0 amide bonds. The molecule has 2 heterocycles. The van der Waals surface area contributed by atoms with Gasteiger partial charge in [-0.25, -0.2) is 13.1 Å². The molecule has 0 unspecified atom stereocenters. The highest BCUT2D eigenvalue weighted by molar-refractivity contribution is 7.91. The quantitative estimate of drug-likeness (QED) is 0.738. The van der Waals surface area contributed by atoms with E-state index in [1.165, 1.54) is 6.33 Å². The van der Waals surface area contributed by atoms with E-state index in [0.717, 1.165) is 11.3 Å². The first-order chi connectivity index (χ1) is 8.53. The minimum Gasteiger partial charge on any atom is -0.374 e. The van der Waals surface area contributed by atoms with E-state index in [1.807, 2.05) is 6.92 Å². The second-order valence-corrected chi connectivity index (χ2v) is 6.21. The molecule has 0 aromatic carbocycles. The molecule has 2 aromatic heterocycles. The van der Waals surface area contributed by atoms with Crippen LogP contribution in [0, 0.1) is 0 Å². The number of nitrogens with two attached hydrogens (primary N) is 1. The summed E-state index contributed by atoms with van der Waals surface area (Å²) in [6.07, 6.45) is 1.53. The molecule has 0 spiro atoms. The summed E-state index contributed by atoms with van der Waals surface area (Å²) < 4.78 is 27.6. The van der Waals surface area contributed by atoms with E-state index in [9.17, 15) is 8.42 Å². The average molecular weight is 289 g/mol. The van der Waals surface area contributed by atoms with Gasteiger partial charge in [0.2, 0.25) is 9.47 Å². The Morgan fingerprint density at radius 3 is 2.83 bits per heavy atom. The predicted octanol–water partition coefficient (Wildman–Crippen LogP) is -0.790. The minimum atomic E-state index is -3.71. The van der Waals surface area contributed by atoms with Crippen LogP contribution in [-0.2, 0) is 23.1 Å². The molecule has 11 heteroatoms. The SMILES string of the molecule is CCn1cnnc1CNS(=O)(=O)c1nnc(N)s1. The van der Waals surface area contributed by atoms with Crippen LogP contribution in [0.1, 0.15) is 12.7 Å². The van der Waals surface area contributed by atoms with Crippen LogP contribution in [0.3, 0.4) is 0 Å². The van der Waals surface area contributed by atoms with Crippen LogP contribution in [0.4, 0.5) is 5.13 Å². The molecule has 0 saturated heterocycles. The van der Waals surface area contributed by atoms with Crippen LogP contribution >= 0.6 is 11.3 Å². The molecule has 2 rings (SSSR count). The van der Waals surface area contributed by atoms with E-state index >= 15 is 0 Å². The molecule has 0 fully saturated rings. The number of hydrogen-bond donors (Lipinski definition) is 2. The van der Waals surface area contributed by atoms with Crippen LogP contribution in [0.15, 0.2) is 10.7 Å². The number of anilines is 1. The van der Waals surface area contributed by atoms with Gasteiger partial charge in [0, 0.05) is 6.54 Å². The molecule has 0 aliphatic carbocycles. The summed E-state index contributed by atoms with van der Waals surface area (Å²) in [7, 11) is -3.71. The number of rotatable bonds is 5. The Morgan fingerprint density at radius 1 is 1.44 bits per heavy atom.